The quantitative estimate of drug-likeness (QED) is 0.781. The van der Waals surface area contributed by atoms with E-state index in [-0.39, 0.29) is 9.36 Å². The number of carbonyl (C=O) groups is 1. The lowest BCUT2D eigenvalue weighted by Crippen LogP contribution is -2.43. The summed E-state index contributed by atoms with van der Waals surface area (Å²) in [4.78, 5) is 10.8. The van der Waals surface area contributed by atoms with Crippen molar-refractivity contribution in [2.75, 3.05) is 0 Å². The molecule has 0 saturated carbocycles. The van der Waals surface area contributed by atoms with Crippen LogP contribution in [-0.2, 0) is 14.8 Å². The largest absolute Gasteiger partial charge is 0.457 e. The first-order valence-corrected chi connectivity index (χ1v) is 8.12. The first-order valence-electron chi connectivity index (χ1n) is 6.68. The zero-order valence-corrected chi connectivity index (χ0v) is 13.1. The molecule has 2 aromatic rings. The number of para-hydroxylation sites is 1. The van der Waals surface area contributed by atoms with Gasteiger partial charge in [0.25, 0.3) is 10.0 Å². The van der Waals surface area contributed by atoms with Gasteiger partial charge in [0.1, 0.15) is 17.5 Å². The summed E-state index contributed by atoms with van der Waals surface area (Å²) >= 11 is 0. The highest BCUT2D eigenvalue weighted by Gasteiger charge is 2.30. The van der Waals surface area contributed by atoms with Crippen molar-refractivity contribution in [3.63, 3.8) is 0 Å². The molecule has 7 nitrogen and oxygen atoms in total. The summed E-state index contributed by atoms with van der Waals surface area (Å²) in [5.74, 6) is 0.0805. The van der Waals surface area contributed by atoms with Crippen LogP contribution in [0.5, 0.6) is 11.5 Å². The van der Waals surface area contributed by atoms with Crippen LogP contribution in [0.1, 0.15) is 6.92 Å². The Labute approximate surface area is 133 Å². The topological polar surface area (TPSA) is 110 Å². The summed E-state index contributed by atoms with van der Waals surface area (Å²) < 4.78 is 29.8. The van der Waals surface area contributed by atoms with E-state index in [0.29, 0.717) is 11.5 Å². The Bertz CT molecular complexity index is 775. The van der Waals surface area contributed by atoms with Crippen molar-refractivity contribution in [3.05, 3.63) is 54.6 Å². The third kappa shape index (κ3) is 3.86. The van der Waals surface area contributed by atoms with Gasteiger partial charge in [-0.1, -0.05) is 22.7 Å². The monoisotopic (exact) mass is 336 g/mol. The number of benzene rings is 2. The van der Waals surface area contributed by atoms with Crippen LogP contribution in [0.25, 0.3) is 0 Å². The molecule has 0 aliphatic carbocycles. The fourth-order valence-electron chi connectivity index (χ4n) is 1.73. The van der Waals surface area contributed by atoms with Crippen LogP contribution in [0, 0.1) is 0 Å². The molecule has 0 aliphatic heterocycles. The highest BCUT2D eigenvalue weighted by atomic mass is 32.2. The van der Waals surface area contributed by atoms with E-state index < -0.39 is 22.0 Å². The fourth-order valence-corrected chi connectivity index (χ4v) is 2.95. The summed E-state index contributed by atoms with van der Waals surface area (Å²) in [5, 5.41) is 9.69. The van der Waals surface area contributed by atoms with Crippen molar-refractivity contribution in [3.8, 4) is 11.5 Å². The number of hydroxylamine groups is 1. The second kappa shape index (κ2) is 6.78. The summed E-state index contributed by atoms with van der Waals surface area (Å²) in [5.41, 5.74) is 5.00. The molecule has 2 aromatic carbocycles. The second-order valence-electron chi connectivity index (χ2n) is 4.74. The normalized spacial score (nSPS) is 12.8. The standard InChI is InChI=1S/C15H16N2O5S/c1-11(15(16)18)17(19)23(20,21)14-9-7-13(8-10-14)22-12-5-3-2-4-6-12/h2-11,19H,1H3,(H2,16,18). The van der Waals surface area contributed by atoms with E-state index in [9.17, 15) is 18.4 Å². The number of carbonyl (C=O) groups excluding carboxylic acids is 1. The number of amides is 1. The Morgan fingerprint density at radius 3 is 2.13 bits per heavy atom. The average Bonchev–Trinajstić information content (AvgIpc) is 2.54. The van der Waals surface area contributed by atoms with Gasteiger partial charge in [0.2, 0.25) is 5.91 Å². The number of hydrogen-bond acceptors (Lipinski definition) is 5. The Hall–Kier alpha value is -2.42. The Morgan fingerprint density at radius 2 is 1.61 bits per heavy atom. The molecule has 1 atom stereocenters. The summed E-state index contributed by atoms with van der Waals surface area (Å²) in [6, 6.07) is 13.0. The van der Waals surface area contributed by atoms with Gasteiger partial charge in [0, 0.05) is 0 Å². The van der Waals surface area contributed by atoms with Crippen molar-refractivity contribution >= 4 is 15.9 Å². The predicted octanol–water partition coefficient (Wildman–Crippen LogP) is 1.73. The van der Waals surface area contributed by atoms with Gasteiger partial charge >= 0.3 is 0 Å². The number of primary amides is 1. The van der Waals surface area contributed by atoms with E-state index in [1.54, 1.807) is 12.1 Å². The number of ether oxygens (including phenoxy) is 1. The van der Waals surface area contributed by atoms with Crippen LogP contribution < -0.4 is 10.5 Å². The van der Waals surface area contributed by atoms with E-state index in [0.717, 1.165) is 0 Å². The van der Waals surface area contributed by atoms with Crippen LogP contribution in [0.15, 0.2) is 59.5 Å². The maximum Gasteiger partial charge on any atom is 0.265 e. The minimum Gasteiger partial charge on any atom is -0.457 e. The highest BCUT2D eigenvalue weighted by molar-refractivity contribution is 7.89. The van der Waals surface area contributed by atoms with E-state index in [1.165, 1.54) is 31.2 Å². The molecule has 0 saturated heterocycles. The van der Waals surface area contributed by atoms with Gasteiger partial charge in [-0.2, -0.15) is 0 Å². The Morgan fingerprint density at radius 1 is 1.09 bits per heavy atom. The maximum atomic E-state index is 12.2. The summed E-state index contributed by atoms with van der Waals surface area (Å²) in [6.07, 6.45) is 0. The van der Waals surface area contributed by atoms with Gasteiger partial charge in [-0.25, -0.2) is 8.42 Å². The Balaban J connectivity index is 2.20. The lowest BCUT2D eigenvalue weighted by Gasteiger charge is -2.19. The smallest absolute Gasteiger partial charge is 0.265 e. The average molecular weight is 336 g/mol. The fraction of sp³-hybridized carbons (Fsp3) is 0.133. The van der Waals surface area contributed by atoms with Crippen LogP contribution >= 0.6 is 0 Å². The molecule has 8 heteroatoms. The molecule has 0 aliphatic rings. The van der Waals surface area contributed by atoms with E-state index in [4.69, 9.17) is 10.5 Å². The summed E-state index contributed by atoms with van der Waals surface area (Å²) in [7, 11) is -4.24. The third-order valence-corrected chi connectivity index (χ3v) is 4.77. The lowest BCUT2D eigenvalue weighted by molar-refractivity contribution is -0.129. The van der Waals surface area contributed by atoms with Gasteiger partial charge in [-0.05, 0) is 43.3 Å². The first kappa shape index (κ1) is 16.9. The molecule has 0 fully saturated rings. The number of hydrogen-bond donors (Lipinski definition) is 2. The first-order chi connectivity index (χ1) is 10.8. The molecule has 122 valence electrons. The van der Waals surface area contributed by atoms with Crippen LogP contribution in [0.2, 0.25) is 0 Å². The van der Waals surface area contributed by atoms with Crippen molar-refractivity contribution in [1.82, 2.24) is 4.47 Å². The molecular formula is C15H16N2O5S. The third-order valence-electron chi connectivity index (χ3n) is 3.09. The van der Waals surface area contributed by atoms with Crippen molar-refractivity contribution in [2.45, 2.75) is 17.9 Å². The second-order valence-corrected chi connectivity index (χ2v) is 6.54. The van der Waals surface area contributed by atoms with Gasteiger partial charge in [-0.3, -0.25) is 10.0 Å². The number of sulfonamides is 1. The van der Waals surface area contributed by atoms with Crippen molar-refractivity contribution in [1.29, 1.82) is 0 Å². The molecular weight excluding hydrogens is 320 g/mol. The van der Waals surface area contributed by atoms with Crippen molar-refractivity contribution < 1.29 is 23.2 Å². The van der Waals surface area contributed by atoms with Crippen molar-refractivity contribution in [2.24, 2.45) is 5.73 Å². The molecule has 0 spiro atoms. The zero-order chi connectivity index (χ0) is 17.0. The molecule has 23 heavy (non-hydrogen) atoms. The molecule has 1 amide bonds. The molecule has 0 bridgehead atoms. The zero-order valence-electron chi connectivity index (χ0n) is 12.3. The van der Waals surface area contributed by atoms with Crippen LogP contribution in [0.4, 0.5) is 0 Å². The van der Waals surface area contributed by atoms with Gasteiger partial charge < -0.3 is 10.5 Å². The van der Waals surface area contributed by atoms with Crippen LogP contribution in [0.3, 0.4) is 0 Å². The minimum absolute atomic E-state index is 0.0532. The van der Waals surface area contributed by atoms with Gasteiger partial charge in [-0.15, -0.1) is 0 Å². The number of rotatable bonds is 6. The molecule has 2 rings (SSSR count). The van der Waals surface area contributed by atoms with Crippen LogP contribution in [-0.4, -0.2) is 30.0 Å². The van der Waals surface area contributed by atoms with Gasteiger partial charge in [0.15, 0.2) is 0 Å². The Kier molecular flexibility index (Phi) is 4.99. The van der Waals surface area contributed by atoms with E-state index in [2.05, 4.69) is 0 Å². The lowest BCUT2D eigenvalue weighted by atomic mass is 10.3. The van der Waals surface area contributed by atoms with E-state index in [1.807, 2.05) is 18.2 Å². The minimum atomic E-state index is -4.24. The number of nitrogens with two attached hydrogens (primary N) is 1. The maximum absolute atomic E-state index is 12.2. The predicted molar refractivity (Wildman–Crippen MR) is 82.4 cm³/mol. The van der Waals surface area contributed by atoms with Gasteiger partial charge in [0.05, 0.1) is 4.90 Å². The molecule has 0 radical (unpaired) electrons. The molecule has 3 N–H and O–H groups in total. The summed E-state index contributed by atoms with van der Waals surface area (Å²) in [6.45, 7) is 1.19. The SMILES string of the molecule is CC(C(N)=O)N(O)S(=O)(=O)c1ccc(Oc2ccccc2)cc1. The number of nitrogens with zero attached hydrogens (tertiary/aromatic N) is 1. The molecule has 0 heterocycles. The molecule has 0 aromatic heterocycles. The highest BCUT2D eigenvalue weighted by Crippen LogP contribution is 2.24. The molecule has 1 unspecified atom stereocenters. The van der Waals surface area contributed by atoms with E-state index >= 15 is 0 Å².